The fourth-order valence-electron chi connectivity index (χ4n) is 2.95. The molecular formula is C16H26ClFN2. The van der Waals surface area contributed by atoms with Gasteiger partial charge in [0.25, 0.3) is 0 Å². The second kappa shape index (κ2) is 8.60. The van der Waals surface area contributed by atoms with Gasteiger partial charge in [-0.1, -0.05) is 12.1 Å². The molecule has 114 valence electrons. The van der Waals surface area contributed by atoms with Crippen LogP contribution >= 0.6 is 12.4 Å². The summed E-state index contributed by atoms with van der Waals surface area (Å²) in [6, 6.07) is 7.33. The lowest BCUT2D eigenvalue weighted by molar-refractivity contribution is 0.137. The van der Waals surface area contributed by atoms with Crippen LogP contribution in [0.5, 0.6) is 0 Å². The molecule has 1 atom stereocenters. The standard InChI is InChI=1S/C16H25FN2.ClH/c1-13(15-4-3-5-16(17)12-15)19-10-7-14(8-11-19)6-9-18-2;/h3-5,12-14,18H,6-11H2,1-2H3;1H. The number of piperidine rings is 1. The third kappa shape index (κ3) is 4.72. The zero-order chi connectivity index (χ0) is 13.7. The number of nitrogens with one attached hydrogen (secondary N) is 1. The molecule has 1 aromatic carbocycles. The highest BCUT2D eigenvalue weighted by atomic mass is 35.5. The maximum atomic E-state index is 13.3. The van der Waals surface area contributed by atoms with Gasteiger partial charge in [-0.25, -0.2) is 4.39 Å². The van der Waals surface area contributed by atoms with Crippen molar-refractivity contribution in [2.45, 2.75) is 32.2 Å². The number of nitrogens with zero attached hydrogens (tertiary/aromatic N) is 1. The molecule has 0 amide bonds. The van der Waals surface area contributed by atoms with Gasteiger partial charge in [0.2, 0.25) is 0 Å². The van der Waals surface area contributed by atoms with Crippen LogP contribution in [0.1, 0.15) is 37.8 Å². The van der Waals surface area contributed by atoms with Crippen LogP contribution in [0, 0.1) is 11.7 Å². The van der Waals surface area contributed by atoms with Crippen LogP contribution < -0.4 is 5.32 Å². The molecule has 4 heteroatoms. The summed E-state index contributed by atoms with van der Waals surface area (Å²) < 4.78 is 13.3. The van der Waals surface area contributed by atoms with E-state index in [1.54, 1.807) is 12.1 Å². The largest absolute Gasteiger partial charge is 0.320 e. The van der Waals surface area contributed by atoms with Crippen molar-refractivity contribution in [3.8, 4) is 0 Å². The number of rotatable bonds is 5. The number of hydrogen-bond donors (Lipinski definition) is 1. The van der Waals surface area contributed by atoms with E-state index in [1.165, 1.54) is 25.3 Å². The topological polar surface area (TPSA) is 15.3 Å². The van der Waals surface area contributed by atoms with E-state index in [1.807, 2.05) is 13.1 Å². The van der Waals surface area contributed by atoms with Crippen molar-refractivity contribution < 1.29 is 4.39 Å². The molecule has 20 heavy (non-hydrogen) atoms. The molecule has 1 N–H and O–H groups in total. The van der Waals surface area contributed by atoms with Crippen molar-refractivity contribution in [1.82, 2.24) is 10.2 Å². The molecule has 0 aromatic heterocycles. The molecule has 0 bridgehead atoms. The van der Waals surface area contributed by atoms with Crippen LogP contribution in [0.25, 0.3) is 0 Å². The molecule has 0 aliphatic carbocycles. The Balaban J connectivity index is 0.00000200. The smallest absolute Gasteiger partial charge is 0.123 e. The van der Waals surface area contributed by atoms with Crippen molar-refractivity contribution in [3.05, 3.63) is 35.6 Å². The number of likely N-dealkylation sites (tertiary alicyclic amines) is 1. The van der Waals surface area contributed by atoms with Gasteiger partial charge < -0.3 is 5.32 Å². The SMILES string of the molecule is CNCCC1CCN(C(C)c2cccc(F)c2)CC1.Cl. The van der Waals surface area contributed by atoms with E-state index in [0.717, 1.165) is 31.1 Å². The summed E-state index contributed by atoms with van der Waals surface area (Å²) in [7, 11) is 2.02. The molecular weight excluding hydrogens is 275 g/mol. The minimum Gasteiger partial charge on any atom is -0.320 e. The van der Waals surface area contributed by atoms with Crippen molar-refractivity contribution in [3.63, 3.8) is 0 Å². The quantitative estimate of drug-likeness (QED) is 0.893. The zero-order valence-electron chi connectivity index (χ0n) is 12.4. The van der Waals surface area contributed by atoms with Crippen LogP contribution in [-0.2, 0) is 0 Å². The summed E-state index contributed by atoms with van der Waals surface area (Å²) in [6.45, 7) is 5.56. The lowest BCUT2D eigenvalue weighted by Gasteiger charge is -2.36. The average Bonchev–Trinajstić information content (AvgIpc) is 2.45. The third-order valence-corrected chi connectivity index (χ3v) is 4.33. The first-order valence-electron chi connectivity index (χ1n) is 7.35. The van der Waals surface area contributed by atoms with E-state index < -0.39 is 0 Å². The van der Waals surface area contributed by atoms with Crippen LogP contribution in [-0.4, -0.2) is 31.6 Å². The predicted molar refractivity (Wildman–Crippen MR) is 84.9 cm³/mol. The molecule has 0 saturated carbocycles. The lowest BCUT2D eigenvalue weighted by Crippen LogP contribution is -2.36. The van der Waals surface area contributed by atoms with Gasteiger partial charge in [0, 0.05) is 6.04 Å². The molecule has 1 heterocycles. The molecule has 0 radical (unpaired) electrons. The maximum Gasteiger partial charge on any atom is 0.123 e. The first-order valence-corrected chi connectivity index (χ1v) is 7.35. The first kappa shape index (κ1) is 17.4. The second-order valence-corrected chi connectivity index (χ2v) is 5.60. The first-order chi connectivity index (χ1) is 9.20. The summed E-state index contributed by atoms with van der Waals surface area (Å²) in [6.07, 6.45) is 3.81. The van der Waals surface area contributed by atoms with Crippen LogP contribution in [0.15, 0.2) is 24.3 Å². The molecule has 1 saturated heterocycles. The Bertz CT molecular complexity index is 392. The Hall–Kier alpha value is -0.640. The van der Waals surface area contributed by atoms with Gasteiger partial charge in [0.1, 0.15) is 5.82 Å². The minimum atomic E-state index is -0.131. The fourth-order valence-corrected chi connectivity index (χ4v) is 2.95. The maximum absolute atomic E-state index is 13.3. The van der Waals surface area contributed by atoms with E-state index in [9.17, 15) is 4.39 Å². The van der Waals surface area contributed by atoms with Gasteiger partial charge in [0.05, 0.1) is 0 Å². The van der Waals surface area contributed by atoms with E-state index in [-0.39, 0.29) is 18.2 Å². The molecule has 2 nitrogen and oxygen atoms in total. The average molecular weight is 301 g/mol. The van der Waals surface area contributed by atoms with Crippen molar-refractivity contribution in [2.75, 3.05) is 26.7 Å². The van der Waals surface area contributed by atoms with Crippen LogP contribution in [0.3, 0.4) is 0 Å². The van der Waals surface area contributed by atoms with E-state index in [0.29, 0.717) is 6.04 Å². The van der Waals surface area contributed by atoms with Gasteiger partial charge in [0.15, 0.2) is 0 Å². The Kier molecular flexibility index (Phi) is 7.49. The molecule has 0 spiro atoms. The van der Waals surface area contributed by atoms with Gasteiger partial charge in [-0.3, -0.25) is 4.90 Å². The number of halogens is 2. The Morgan fingerprint density at radius 1 is 1.35 bits per heavy atom. The van der Waals surface area contributed by atoms with Crippen LogP contribution in [0.2, 0.25) is 0 Å². The molecule has 1 aromatic rings. The van der Waals surface area contributed by atoms with Gasteiger partial charge in [-0.2, -0.15) is 0 Å². The predicted octanol–water partition coefficient (Wildman–Crippen LogP) is 3.63. The van der Waals surface area contributed by atoms with Crippen molar-refractivity contribution in [1.29, 1.82) is 0 Å². The Morgan fingerprint density at radius 3 is 2.65 bits per heavy atom. The lowest BCUT2D eigenvalue weighted by atomic mass is 9.92. The highest BCUT2D eigenvalue weighted by Crippen LogP contribution is 2.27. The molecule has 1 unspecified atom stereocenters. The van der Waals surface area contributed by atoms with E-state index in [4.69, 9.17) is 0 Å². The number of benzene rings is 1. The van der Waals surface area contributed by atoms with Gasteiger partial charge in [-0.15, -0.1) is 12.4 Å². The summed E-state index contributed by atoms with van der Waals surface area (Å²) in [5.74, 6) is 0.719. The summed E-state index contributed by atoms with van der Waals surface area (Å²) in [5.41, 5.74) is 1.09. The van der Waals surface area contributed by atoms with Gasteiger partial charge >= 0.3 is 0 Å². The zero-order valence-corrected chi connectivity index (χ0v) is 13.3. The van der Waals surface area contributed by atoms with Crippen molar-refractivity contribution >= 4 is 12.4 Å². The normalized spacial score (nSPS) is 18.6. The monoisotopic (exact) mass is 300 g/mol. The molecule has 1 fully saturated rings. The second-order valence-electron chi connectivity index (χ2n) is 5.60. The third-order valence-electron chi connectivity index (χ3n) is 4.33. The summed E-state index contributed by atoms with van der Waals surface area (Å²) in [5, 5.41) is 3.23. The van der Waals surface area contributed by atoms with Gasteiger partial charge in [-0.05, 0) is 76.5 Å². The Morgan fingerprint density at radius 2 is 2.05 bits per heavy atom. The molecule has 1 aliphatic heterocycles. The summed E-state index contributed by atoms with van der Waals surface area (Å²) >= 11 is 0. The fraction of sp³-hybridized carbons (Fsp3) is 0.625. The molecule has 2 rings (SSSR count). The highest BCUT2D eigenvalue weighted by Gasteiger charge is 2.23. The van der Waals surface area contributed by atoms with E-state index >= 15 is 0 Å². The van der Waals surface area contributed by atoms with Crippen LogP contribution in [0.4, 0.5) is 4.39 Å². The highest BCUT2D eigenvalue weighted by molar-refractivity contribution is 5.85. The molecule has 1 aliphatic rings. The number of hydrogen-bond acceptors (Lipinski definition) is 2. The van der Waals surface area contributed by atoms with E-state index in [2.05, 4.69) is 17.1 Å². The summed E-state index contributed by atoms with van der Waals surface area (Å²) in [4.78, 5) is 2.48. The van der Waals surface area contributed by atoms with Crippen molar-refractivity contribution in [2.24, 2.45) is 5.92 Å². The Labute approximate surface area is 128 Å². The minimum absolute atomic E-state index is 0.